The molecule has 3 heterocycles. The number of aromatic nitrogens is 1. The van der Waals surface area contributed by atoms with Gasteiger partial charge in [0.1, 0.15) is 17.6 Å². The Balaban J connectivity index is 1.22. The Morgan fingerprint density at radius 1 is 0.519 bits per heavy atom. The van der Waals surface area contributed by atoms with Crippen molar-refractivity contribution >= 4 is 66.2 Å². The highest BCUT2D eigenvalue weighted by Gasteiger charge is 2.25. The average molecular weight is 693 g/mol. The summed E-state index contributed by atoms with van der Waals surface area (Å²) in [5.74, 6) is 1.44. The summed E-state index contributed by atoms with van der Waals surface area (Å²) < 4.78 is 9.38. The molecule has 254 valence electrons. The predicted molar refractivity (Wildman–Crippen MR) is 223 cm³/mol. The molecule has 0 bridgehead atoms. The lowest BCUT2D eigenvalue weighted by Crippen LogP contribution is -2.33. The van der Waals surface area contributed by atoms with Crippen LogP contribution in [0.2, 0.25) is 0 Å². The third-order valence-electron chi connectivity index (χ3n) is 10.6. The Hall–Kier alpha value is -7.24. The lowest BCUT2D eigenvalue weighted by Gasteiger charge is -2.23. The number of rotatable bonds is 5. The molecule has 0 fully saturated rings. The second-order valence-electron chi connectivity index (χ2n) is 13.8. The van der Waals surface area contributed by atoms with Crippen molar-refractivity contribution < 1.29 is 4.42 Å². The molecule has 0 spiro atoms. The second kappa shape index (κ2) is 12.2. The number of hydrogen-bond donors (Lipinski definition) is 1. The van der Waals surface area contributed by atoms with Crippen LogP contribution in [0.5, 0.6) is 0 Å². The molecule has 0 saturated heterocycles. The van der Waals surface area contributed by atoms with Crippen LogP contribution >= 0.6 is 0 Å². The predicted octanol–water partition coefficient (Wildman–Crippen LogP) is 12.0. The zero-order valence-corrected chi connectivity index (χ0v) is 29.1. The summed E-state index contributed by atoms with van der Waals surface area (Å²) in [4.78, 5) is 10.5. The normalized spacial score (nSPS) is 14.5. The molecule has 8 aromatic carbocycles. The molecule has 5 nitrogen and oxygen atoms in total. The first-order valence-electron chi connectivity index (χ1n) is 18.3. The van der Waals surface area contributed by atoms with Gasteiger partial charge in [-0.1, -0.05) is 146 Å². The van der Waals surface area contributed by atoms with Crippen LogP contribution in [0.4, 0.5) is 0 Å². The van der Waals surface area contributed by atoms with E-state index in [0.29, 0.717) is 5.84 Å². The van der Waals surface area contributed by atoms with Crippen molar-refractivity contribution in [2.45, 2.75) is 6.17 Å². The zero-order chi connectivity index (χ0) is 35.6. The number of nitrogens with zero attached hydrogens (tertiary/aromatic N) is 3. The lowest BCUT2D eigenvalue weighted by molar-refractivity contribution is 0.666. The number of amidine groups is 2. The van der Waals surface area contributed by atoms with Crippen molar-refractivity contribution in [2.75, 3.05) is 0 Å². The standard InChI is InChI=1S/C49H32N4O/c1-4-15-31(16-5-1)36-28-40-45-38(49-51-47(32-17-6-2-7-18-32)50-48(52-49)33-19-8-3-9-20-33)24-14-26-44(45)54-46(40)43(30-36)53-41-25-13-12-23-37(41)39-27-34-21-10-11-22-35(34)29-42(39)53/h1-30,47H,(H,50,51,52). The molecule has 54 heavy (non-hydrogen) atoms. The SMILES string of the molecule is c1ccc(C2=NC(c3cccc4oc5c(-n6c7ccccc7c7cc8ccccc8cc76)cc(-c6ccccc6)cc5c34)=NC(c3ccccc3)N2)cc1. The summed E-state index contributed by atoms with van der Waals surface area (Å²) in [7, 11) is 0. The number of fused-ring (bicyclic) bond motifs is 7. The highest BCUT2D eigenvalue weighted by atomic mass is 16.3. The largest absolute Gasteiger partial charge is 0.454 e. The Morgan fingerprint density at radius 3 is 2.00 bits per heavy atom. The van der Waals surface area contributed by atoms with Crippen LogP contribution in [0, 0.1) is 0 Å². The second-order valence-corrected chi connectivity index (χ2v) is 13.8. The average Bonchev–Trinajstić information content (AvgIpc) is 3.79. The third-order valence-corrected chi connectivity index (χ3v) is 10.6. The van der Waals surface area contributed by atoms with Crippen LogP contribution in [0.3, 0.4) is 0 Å². The molecule has 5 heteroatoms. The lowest BCUT2D eigenvalue weighted by atomic mass is 9.99. The van der Waals surface area contributed by atoms with E-state index >= 15 is 0 Å². The van der Waals surface area contributed by atoms with Gasteiger partial charge in [0, 0.05) is 32.7 Å². The quantitative estimate of drug-likeness (QED) is 0.195. The Kier molecular flexibility index (Phi) is 6.85. The summed E-state index contributed by atoms with van der Waals surface area (Å²) >= 11 is 0. The summed E-state index contributed by atoms with van der Waals surface area (Å²) in [6.45, 7) is 0. The van der Waals surface area contributed by atoms with Gasteiger partial charge in [-0.2, -0.15) is 0 Å². The van der Waals surface area contributed by atoms with Crippen molar-refractivity contribution in [1.29, 1.82) is 0 Å². The minimum atomic E-state index is -0.315. The third kappa shape index (κ3) is 4.86. The molecule has 1 N–H and O–H groups in total. The van der Waals surface area contributed by atoms with Gasteiger partial charge in [0.05, 0.1) is 16.7 Å². The van der Waals surface area contributed by atoms with Crippen LogP contribution in [0.25, 0.3) is 71.3 Å². The molecule has 11 rings (SSSR count). The maximum atomic E-state index is 7.00. The van der Waals surface area contributed by atoms with E-state index in [2.05, 4.69) is 162 Å². The summed E-state index contributed by atoms with van der Waals surface area (Å²) in [6, 6.07) is 63.9. The van der Waals surface area contributed by atoms with Gasteiger partial charge in [0.2, 0.25) is 0 Å². The molecule has 1 aliphatic rings. The maximum Gasteiger partial charge on any atom is 0.160 e. The molecule has 0 amide bonds. The van der Waals surface area contributed by atoms with E-state index in [1.807, 2.05) is 30.3 Å². The minimum absolute atomic E-state index is 0.315. The number of aliphatic imine (C=N–C) groups is 2. The number of para-hydroxylation sites is 1. The fourth-order valence-corrected chi connectivity index (χ4v) is 8.09. The molecule has 2 aromatic heterocycles. The van der Waals surface area contributed by atoms with Gasteiger partial charge in [-0.3, -0.25) is 0 Å². The van der Waals surface area contributed by atoms with Gasteiger partial charge < -0.3 is 14.3 Å². The minimum Gasteiger partial charge on any atom is -0.454 e. The van der Waals surface area contributed by atoms with Gasteiger partial charge in [-0.05, 0) is 63.9 Å². The Morgan fingerprint density at radius 2 is 1.20 bits per heavy atom. The molecule has 1 unspecified atom stereocenters. The number of nitrogens with one attached hydrogen (secondary N) is 1. The van der Waals surface area contributed by atoms with Gasteiger partial charge in [0.15, 0.2) is 11.4 Å². The molecular formula is C49H32N4O. The summed E-state index contributed by atoms with van der Waals surface area (Å²) in [5, 5.41) is 10.4. The van der Waals surface area contributed by atoms with E-state index < -0.39 is 0 Å². The van der Waals surface area contributed by atoms with Crippen LogP contribution in [-0.2, 0) is 0 Å². The first kappa shape index (κ1) is 30.4. The number of furan rings is 1. The van der Waals surface area contributed by atoms with Gasteiger partial charge in [0.25, 0.3) is 0 Å². The number of benzene rings is 8. The van der Waals surface area contributed by atoms with Crippen molar-refractivity contribution in [1.82, 2.24) is 9.88 Å². The van der Waals surface area contributed by atoms with Crippen LogP contribution in [0.1, 0.15) is 22.9 Å². The van der Waals surface area contributed by atoms with Crippen LogP contribution in [0.15, 0.2) is 196 Å². The monoisotopic (exact) mass is 692 g/mol. The fourth-order valence-electron chi connectivity index (χ4n) is 8.09. The van der Waals surface area contributed by atoms with Gasteiger partial charge in [-0.25, -0.2) is 9.98 Å². The molecule has 0 aliphatic carbocycles. The van der Waals surface area contributed by atoms with Crippen molar-refractivity contribution in [3.05, 3.63) is 199 Å². The molecular weight excluding hydrogens is 661 g/mol. The Bertz CT molecular complexity index is 3120. The first-order chi connectivity index (χ1) is 26.8. The summed E-state index contributed by atoms with van der Waals surface area (Å²) in [5.41, 5.74) is 10.1. The van der Waals surface area contributed by atoms with E-state index in [1.54, 1.807) is 0 Å². The van der Waals surface area contributed by atoms with Gasteiger partial charge in [-0.15, -0.1) is 0 Å². The topological polar surface area (TPSA) is 54.8 Å². The molecule has 1 aliphatic heterocycles. The van der Waals surface area contributed by atoms with Crippen LogP contribution in [-0.4, -0.2) is 16.2 Å². The fraction of sp³-hybridized carbons (Fsp3) is 0.0204. The van der Waals surface area contributed by atoms with Crippen molar-refractivity contribution in [2.24, 2.45) is 9.98 Å². The number of hydrogen-bond acceptors (Lipinski definition) is 4. The summed E-state index contributed by atoms with van der Waals surface area (Å²) in [6.07, 6.45) is -0.315. The van der Waals surface area contributed by atoms with Crippen molar-refractivity contribution in [3.63, 3.8) is 0 Å². The maximum absolute atomic E-state index is 7.00. The first-order valence-corrected chi connectivity index (χ1v) is 18.3. The van der Waals surface area contributed by atoms with Crippen molar-refractivity contribution in [3.8, 4) is 16.8 Å². The van der Waals surface area contributed by atoms with E-state index in [9.17, 15) is 0 Å². The molecule has 0 saturated carbocycles. The highest BCUT2D eigenvalue weighted by Crippen LogP contribution is 2.42. The molecule has 0 radical (unpaired) electrons. The van der Waals surface area contributed by atoms with E-state index in [-0.39, 0.29) is 6.17 Å². The highest BCUT2D eigenvalue weighted by molar-refractivity contribution is 6.23. The van der Waals surface area contributed by atoms with Gasteiger partial charge >= 0.3 is 0 Å². The smallest absolute Gasteiger partial charge is 0.160 e. The van der Waals surface area contributed by atoms with E-state index in [1.165, 1.54) is 21.5 Å². The van der Waals surface area contributed by atoms with E-state index in [0.717, 1.165) is 72.3 Å². The Labute approximate surface area is 311 Å². The van der Waals surface area contributed by atoms with E-state index in [4.69, 9.17) is 14.4 Å². The molecule has 1 atom stereocenters. The zero-order valence-electron chi connectivity index (χ0n) is 29.1. The van der Waals surface area contributed by atoms with Crippen LogP contribution < -0.4 is 5.32 Å². The molecule has 10 aromatic rings.